The van der Waals surface area contributed by atoms with Crippen molar-refractivity contribution in [3.63, 3.8) is 0 Å². The van der Waals surface area contributed by atoms with Gasteiger partial charge in [-0.1, -0.05) is 38.1 Å². The Labute approximate surface area is 193 Å². The Morgan fingerprint density at radius 2 is 1.84 bits per heavy atom. The first-order valence-electron chi connectivity index (χ1n) is 11.2. The number of morpholine rings is 1. The molecule has 0 bridgehead atoms. The van der Waals surface area contributed by atoms with Crippen molar-refractivity contribution >= 4 is 22.1 Å². The van der Waals surface area contributed by atoms with E-state index in [2.05, 4.69) is 60.1 Å². The van der Waals surface area contributed by atoms with Gasteiger partial charge in [-0.25, -0.2) is 0 Å². The van der Waals surface area contributed by atoms with Crippen LogP contribution >= 0.6 is 11.3 Å². The van der Waals surface area contributed by atoms with Crippen molar-refractivity contribution in [3.8, 4) is 22.4 Å². The maximum atomic E-state index is 13.1. The van der Waals surface area contributed by atoms with Crippen LogP contribution in [0.15, 0.2) is 42.6 Å². The second-order valence-corrected chi connectivity index (χ2v) is 10.5. The number of rotatable bonds is 4. The lowest BCUT2D eigenvalue weighted by molar-refractivity contribution is 0.0918. The van der Waals surface area contributed by atoms with E-state index in [0.717, 1.165) is 60.0 Å². The maximum Gasteiger partial charge on any atom is 0.173 e. The summed E-state index contributed by atoms with van der Waals surface area (Å²) in [6.45, 7) is 8.06. The van der Waals surface area contributed by atoms with Gasteiger partial charge in [0.1, 0.15) is 0 Å². The lowest BCUT2D eigenvalue weighted by atomic mass is 9.75. The van der Waals surface area contributed by atoms with E-state index in [1.807, 2.05) is 6.20 Å². The second kappa shape index (κ2) is 8.43. The summed E-state index contributed by atoms with van der Waals surface area (Å²) in [5.41, 5.74) is 12.4. The van der Waals surface area contributed by atoms with Gasteiger partial charge >= 0.3 is 0 Å². The molecule has 0 radical (unpaired) electrons. The first-order valence-corrected chi connectivity index (χ1v) is 12.0. The number of anilines is 1. The van der Waals surface area contributed by atoms with Crippen LogP contribution in [-0.4, -0.2) is 37.1 Å². The predicted octanol–water partition coefficient (Wildman–Crippen LogP) is 4.93. The third kappa shape index (κ3) is 3.98. The summed E-state index contributed by atoms with van der Waals surface area (Å²) in [7, 11) is 0. The number of pyridine rings is 1. The molecule has 0 spiro atoms. The van der Waals surface area contributed by atoms with E-state index in [0.29, 0.717) is 13.0 Å². The predicted molar refractivity (Wildman–Crippen MR) is 130 cm³/mol. The van der Waals surface area contributed by atoms with Crippen LogP contribution in [0.1, 0.15) is 41.1 Å². The van der Waals surface area contributed by atoms with Gasteiger partial charge in [-0.05, 0) is 40.7 Å². The Morgan fingerprint density at radius 3 is 2.56 bits per heavy atom. The summed E-state index contributed by atoms with van der Waals surface area (Å²) in [5.74, 6) is 0.272. The molecule has 3 aromatic rings. The quantitative estimate of drug-likeness (QED) is 0.614. The largest absolute Gasteiger partial charge is 0.378 e. The molecule has 32 heavy (non-hydrogen) atoms. The van der Waals surface area contributed by atoms with E-state index in [1.54, 1.807) is 11.3 Å². The molecule has 2 N–H and O–H groups in total. The lowest BCUT2D eigenvalue weighted by Crippen LogP contribution is -2.36. The number of ether oxygens (including phenoxy) is 1. The molecule has 5 nitrogen and oxygen atoms in total. The number of nitrogens with two attached hydrogens (primary N) is 1. The summed E-state index contributed by atoms with van der Waals surface area (Å²) in [6, 6.07) is 12.5. The van der Waals surface area contributed by atoms with Crippen molar-refractivity contribution < 1.29 is 9.53 Å². The van der Waals surface area contributed by atoms with Gasteiger partial charge in [0.05, 0.1) is 28.8 Å². The van der Waals surface area contributed by atoms with Gasteiger partial charge in [0.15, 0.2) is 5.78 Å². The van der Waals surface area contributed by atoms with E-state index in [-0.39, 0.29) is 11.2 Å². The van der Waals surface area contributed by atoms with E-state index in [9.17, 15) is 4.79 Å². The van der Waals surface area contributed by atoms with Crippen LogP contribution in [0.4, 0.5) is 5.00 Å². The van der Waals surface area contributed by atoms with Crippen molar-refractivity contribution in [3.05, 3.63) is 58.6 Å². The minimum absolute atomic E-state index is 0.0316. The summed E-state index contributed by atoms with van der Waals surface area (Å²) in [5, 5.41) is 1.19. The number of nitrogens with zero attached hydrogens (tertiary/aromatic N) is 2. The number of carbonyl (C=O) groups excluding carboxylic acids is 1. The minimum Gasteiger partial charge on any atom is -0.378 e. The number of fused-ring (bicyclic) bond motifs is 1. The summed E-state index contributed by atoms with van der Waals surface area (Å²) in [6.07, 6.45) is 3.40. The molecule has 2 aromatic heterocycles. The molecule has 0 atom stereocenters. The highest BCUT2D eigenvalue weighted by molar-refractivity contribution is 7.19. The summed E-state index contributed by atoms with van der Waals surface area (Å²) >= 11 is 1.67. The highest BCUT2D eigenvalue weighted by Gasteiger charge is 2.37. The van der Waals surface area contributed by atoms with Crippen molar-refractivity contribution in [1.82, 2.24) is 4.98 Å². The van der Waals surface area contributed by atoms with E-state index < -0.39 is 0 Å². The Kier molecular flexibility index (Phi) is 5.61. The lowest BCUT2D eigenvalue weighted by Gasteiger charge is -2.30. The van der Waals surface area contributed by atoms with Crippen LogP contribution in [0.2, 0.25) is 0 Å². The highest BCUT2D eigenvalue weighted by Crippen LogP contribution is 2.49. The van der Waals surface area contributed by atoms with Crippen molar-refractivity contribution in [1.29, 1.82) is 0 Å². The molecule has 0 unspecified atom stereocenters. The number of hydrogen-bond donors (Lipinski definition) is 1. The molecule has 6 heteroatoms. The van der Waals surface area contributed by atoms with Crippen LogP contribution in [-0.2, 0) is 17.7 Å². The molecular weight excluding hydrogens is 418 g/mol. The number of benzene rings is 1. The molecule has 1 aliphatic heterocycles. The van der Waals surface area contributed by atoms with Gasteiger partial charge in [-0.3, -0.25) is 9.78 Å². The average Bonchev–Trinajstić information content (AvgIpc) is 3.18. The van der Waals surface area contributed by atoms with E-state index in [1.165, 1.54) is 16.1 Å². The zero-order valence-corrected chi connectivity index (χ0v) is 19.5. The first-order chi connectivity index (χ1) is 15.4. The minimum atomic E-state index is -0.0316. The monoisotopic (exact) mass is 447 g/mol. The highest BCUT2D eigenvalue weighted by atomic mass is 32.1. The summed E-state index contributed by atoms with van der Waals surface area (Å²) in [4.78, 5) is 21.0. The molecule has 1 saturated heterocycles. The number of hydrogen-bond acceptors (Lipinski definition) is 6. The van der Waals surface area contributed by atoms with Gasteiger partial charge in [0.2, 0.25) is 0 Å². The maximum absolute atomic E-state index is 13.1. The molecule has 5 rings (SSSR count). The zero-order valence-electron chi connectivity index (χ0n) is 18.7. The van der Waals surface area contributed by atoms with Crippen LogP contribution in [0.5, 0.6) is 0 Å². The molecular formula is C26H29N3O2S. The first kappa shape index (κ1) is 21.3. The van der Waals surface area contributed by atoms with E-state index >= 15 is 0 Å². The number of thiophene rings is 1. The Hall–Kier alpha value is -2.54. The second-order valence-electron chi connectivity index (χ2n) is 9.46. The van der Waals surface area contributed by atoms with Crippen LogP contribution < -0.4 is 10.6 Å². The fraction of sp³-hybridized carbons (Fsp3) is 0.385. The Morgan fingerprint density at radius 1 is 1.09 bits per heavy atom. The number of aromatic nitrogens is 1. The van der Waals surface area contributed by atoms with Crippen LogP contribution in [0.3, 0.4) is 0 Å². The Balaban J connectivity index is 1.64. The van der Waals surface area contributed by atoms with Gasteiger partial charge in [0.25, 0.3) is 0 Å². The third-order valence-corrected chi connectivity index (χ3v) is 7.70. The summed E-state index contributed by atoms with van der Waals surface area (Å²) < 4.78 is 5.60. The fourth-order valence-corrected chi connectivity index (χ4v) is 6.08. The average molecular weight is 448 g/mol. The molecule has 166 valence electrons. The molecule has 1 aromatic carbocycles. The standard InChI is InChI=1S/C26H29N3O2S/c1-26(2)14-20-23(25(29-9-11-31-12-10-29)32-24(20)22(30)15-26)19-7-8-28-21(13-19)18-5-3-17(16-27)4-6-18/h3-8,13H,9-12,14-16,27H2,1-2H3. The Bertz CT molecular complexity index is 1140. The molecule has 3 heterocycles. The van der Waals surface area contributed by atoms with Crippen molar-refractivity contribution in [2.75, 3.05) is 31.2 Å². The van der Waals surface area contributed by atoms with Gasteiger partial charge < -0.3 is 15.4 Å². The molecule has 0 saturated carbocycles. The third-order valence-electron chi connectivity index (χ3n) is 6.37. The molecule has 2 aliphatic rings. The van der Waals surface area contributed by atoms with Crippen molar-refractivity contribution in [2.45, 2.75) is 33.2 Å². The fourth-order valence-electron chi connectivity index (χ4n) is 4.74. The van der Waals surface area contributed by atoms with E-state index in [4.69, 9.17) is 10.5 Å². The molecule has 0 amide bonds. The zero-order chi connectivity index (χ0) is 22.3. The van der Waals surface area contributed by atoms with Gasteiger partial charge in [-0.2, -0.15) is 0 Å². The number of Topliss-reactive ketones (excluding diaryl/α,β-unsaturated/α-hetero) is 1. The van der Waals surface area contributed by atoms with Gasteiger partial charge in [0, 0.05) is 43.4 Å². The van der Waals surface area contributed by atoms with Crippen LogP contribution in [0.25, 0.3) is 22.4 Å². The number of ketones is 1. The van der Waals surface area contributed by atoms with Crippen LogP contribution in [0, 0.1) is 5.41 Å². The SMILES string of the molecule is CC1(C)CC(=O)c2sc(N3CCOCC3)c(-c3ccnc(-c4ccc(CN)cc4)c3)c2C1. The van der Waals surface area contributed by atoms with Gasteiger partial charge in [-0.15, -0.1) is 11.3 Å². The topological polar surface area (TPSA) is 68.5 Å². The number of carbonyl (C=O) groups is 1. The smallest absolute Gasteiger partial charge is 0.173 e. The van der Waals surface area contributed by atoms with Crippen molar-refractivity contribution in [2.24, 2.45) is 11.1 Å². The molecule has 1 aliphatic carbocycles. The normalized spacial score (nSPS) is 18.0. The molecule has 1 fully saturated rings.